The number of carbonyl (C=O) groups excluding carboxylic acids is 1. The van der Waals surface area contributed by atoms with Crippen LogP contribution in [0.1, 0.15) is 12.0 Å². The second-order valence-corrected chi connectivity index (χ2v) is 4.09. The van der Waals surface area contributed by atoms with Crippen LogP contribution in [0.5, 0.6) is 0 Å². The first-order chi connectivity index (χ1) is 8.67. The van der Waals surface area contributed by atoms with Gasteiger partial charge in [-0.1, -0.05) is 12.1 Å². The summed E-state index contributed by atoms with van der Waals surface area (Å²) in [5.41, 5.74) is 6.43. The fraction of sp³-hybridized carbons (Fsp3) is 0.385. The van der Waals surface area contributed by atoms with Crippen molar-refractivity contribution in [2.24, 2.45) is 5.73 Å². The number of benzene rings is 1. The topological polar surface area (TPSA) is 82.2 Å². The van der Waals surface area contributed by atoms with Crippen molar-refractivity contribution in [1.82, 2.24) is 4.90 Å². The number of nitrogens with two attached hydrogens (primary N) is 1. The van der Waals surface area contributed by atoms with Gasteiger partial charge in [-0.15, -0.1) is 0 Å². The van der Waals surface area contributed by atoms with Crippen LogP contribution in [-0.2, 0) is 4.79 Å². The van der Waals surface area contributed by atoms with Gasteiger partial charge in [0.1, 0.15) is 6.07 Å². The van der Waals surface area contributed by atoms with Crippen LogP contribution in [0.15, 0.2) is 24.3 Å². The number of para-hydroxylation sites is 1. The van der Waals surface area contributed by atoms with Gasteiger partial charge in [0, 0.05) is 0 Å². The number of amides is 1. The number of nitrogens with one attached hydrogen (secondary N) is 1. The summed E-state index contributed by atoms with van der Waals surface area (Å²) in [4.78, 5) is 13.7. The van der Waals surface area contributed by atoms with E-state index in [4.69, 9.17) is 11.0 Å². The molecular formula is C13H18N4O. The van der Waals surface area contributed by atoms with Gasteiger partial charge in [-0.25, -0.2) is 0 Å². The maximum absolute atomic E-state index is 11.8. The molecule has 0 saturated carbocycles. The molecule has 5 heteroatoms. The van der Waals surface area contributed by atoms with Crippen LogP contribution in [0.2, 0.25) is 0 Å². The van der Waals surface area contributed by atoms with E-state index < -0.39 is 0 Å². The van der Waals surface area contributed by atoms with E-state index in [1.807, 2.05) is 18.0 Å². The molecule has 0 aliphatic rings. The van der Waals surface area contributed by atoms with Crippen LogP contribution >= 0.6 is 0 Å². The maximum atomic E-state index is 11.8. The molecule has 96 valence electrons. The molecule has 18 heavy (non-hydrogen) atoms. The second kappa shape index (κ2) is 7.43. The molecule has 0 spiro atoms. The van der Waals surface area contributed by atoms with Crippen LogP contribution < -0.4 is 11.1 Å². The summed E-state index contributed by atoms with van der Waals surface area (Å²) in [5.74, 6) is -0.128. The summed E-state index contributed by atoms with van der Waals surface area (Å²) in [5, 5.41) is 11.6. The molecule has 3 N–H and O–H groups in total. The van der Waals surface area contributed by atoms with E-state index in [1.165, 1.54) is 0 Å². The predicted molar refractivity (Wildman–Crippen MR) is 71.0 cm³/mol. The van der Waals surface area contributed by atoms with E-state index in [0.717, 1.165) is 13.0 Å². The highest BCUT2D eigenvalue weighted by molar-refractivity contribution is 5.93. The molecule has 0 atom stereocenters. The number of carbonyl (C=O) groups is 1. The summed E-state index contributed by atoms with van der Waals surface area (Å²) in [6.45, 7) is 1.69. The van der Waals surface area contributed by atoms with Gasteiger partial charge in [0.15, 0.2) is 0 Å². The van der Waals surface area contributed by atoms with Crippen LogP contribution in [0.4, 0.5) is 5.69 Å². The lowest BCUT2D eigenvalue weighted by molar-refractivity contribution is -0.117. The molecule has 0 heterocycles. The lowest BCUT2D eigenvalue weighted by Gasteiger charge is -2.15. The fourth-order valence-electron chi connectivity index (χ4n) is 1.56. The molecule has 0 unspecified atom stereocenters. The lowest BCUT2D eigenvalue weighted by atomic mass is 10.2. The summed E-state index contributed by atoms with van der Waals surface area (Å²) in [6.07, 6.45) is 0.860. The molecular weight excluding hydrogens is 228 g/mol. The number of likely N-dealkylation sites (N-methyl/N-ethyl adjacent to an activating group) is 1. The molecule has 5 nitrogen and oxygen atoms in total. The van der Waals surface area contributed by atoms with Gasteiger partial charge in [-0.3, -0.25) is 9.69 Å². The normalized spacial score (nSPS) is 10.1. The Bertz CT molecular complexity index is 439. The van der Waals surface area contributed by atoms with E-state index in [9.17, 15) is 4.79 Å². The number of nitrogens with zero attached hydrogens (tertiary/aromatic N) is 2. The Morgan fingerprint density at radius 2 is 2.22 bits per heavy atom. The third kappa shape index (κ3) is 4.53. The Hall–Kier alpha value is -1.90. The zero-order valence-electron chi connectivity index (χ0n) is 10.5. The van der Waals surface area contributed by atoms with Crippen LogP contribution in [0.3, 0.4) is 0 Å². The van der Waals surface area contributed by atoms with E-state index in [0.29, 0.717) is 24.3 Å². The van der Waals surface area contributed by atoms with Crippen LogP contribution in [0, 0.1) is 11.3 Å². The fourth-order valence-corrected chi connectivity index (χ4v) is 1.56. The van der Waals surface area contributed by atoms with Gasteiger partial charge in [0.05, 0.1) is 17.8 Å². The molecule has 0 bridgehead atoms. The zero-order valence-corrected chi connectivity index (χ0v) is 10.5. The standard InChI is InChI=1S/C13H18N4O/c1-17(8-4-7-14)10-13(18)16-12-6-3-2-5-11(12)9-15/h2-3,5-6H,4,7-8,10,14H2,1H3,(H,16,18). The quantitative estimate of drug-likeness (QED) is 0.777. The van der Waals surface area contributed by atoms with Gasteiger partial charge in [0.25, 0.3) is 0 Å². The van der Waals surface area contributed by atoms with Crippen molar-refractivity contribution < 1.29 is 4.79 Å². The molecule has 0 aliphatic carbocycles. The van der Waals surface area contributed by atoms with E-state index in [-0.39, 0.29) is 5.91 Å². The van der Waals surface area contributed by atoms with Crippen molar-refractivity contribution in [2.75, 3.05) is 32.0 Å². The Morgan fingerprint density at radius 3 is 2.89 bits per heavy atom. The number of hydrogen-bond acceptors (Lipinski definition) is 4. The Kier molecular flexibility index (Phi) is 5.85. The Balaban J connectivity index is 2.52. The largest absolute Gasteiger partial charge is 0.330 e. The average molecular weight is 246 g/mol. The minimum Gasteiger partial charge on any atom is -0.330 e. The summed E-state index contributed by atoms with van der Waals surface area (Å²) >= 11 is 0. The first kappa shape index (κ1) is 14.2. The first-order valence-electron chi connectivity index (χ1n) is 5.85. The number of nitriles is 1. The SMILES string of the molecule is CN(CCCN)CC(=O)Nc1ccccc1C#N. The van der Waals surface area contributed by atoms with Crippen molar-refractivity contribution in [3.8, 4) is 6.07 Å². The molecule has 1 amide bonds. The monoisotopic (exact) mass is 246 g/mol. The van der Waals surface area contributed by atoms with E-state index in [1.54, 1.807) is 24.3 Å². The molecule has 0 aliphatic heterocycles. The highest BCUT2D eigenvalue weighted by atomic mass is 16.2. The summed E-state index contributed by atoms with van der Waals surface area (Å²) in [6, 6.07) is 8.99. The van der Waals surface area contributed by atoms with Crippen molar-refractivity contribution in [3.05, 3.63) is 29.8 Å². The first-order valence-corrected chi connectivity index (χ1v) is 5.85. The van der Waals surface area contributed by atoms with Crippen molar-refractivity contribution in [2.45, 2.75) is 6.42 Å². The van der Waals surface area contributed by atoms with Crippen molar-refractivity contribution in [1.29, 1.82) is 5.26 Å². The number of hydrogen-bond donors (Lipinski definition) is 2. The molecule has 0 radical (unpaired) electrons. The summed E-state index contributed by atoms with van der Waals surface area (Å²) < 4.78 is 0. The van der Waals surface area contributed by atoms with Gasteiger partial charge in [-0.05, 0) is 38.7 Å². The molecule has 0 fully saturated rings. The molecule has 0 saturated heterocycles. The van der Waals surface area contributed by atoms with E-state index in [2.05, 4.69) is 5.32 Å². The highest BCUT2D eigenvalue weighted by Crippen LogP contribution is 2.13. The second-order valence-electron chi connectivity index (χ2n) is 4.09. The third-order valence-corrected chi connectivity index (χ3v) is 2.48. The molecule has 1 rings (SSSR count). The number of anilines is 1. The van der Waals surface area contributed by atoms with Crippen molar-refractivity contribution >= 4 is 11.6 Å². The molecule has 1 aromatic carbocycles. The summed E-state index contributed by atoms with van der Waals surface area (Å²) in [7, 11) is 1.87. The predicted octanol–water partition coefficient (Wildman–Crippen LogP) is 0.777. The van der Waals surface area contributed by atoms with Gasteiger partial charge in [-0.2, -0.15) is 5.26 Å². The third-order valence-electron chi connectivity index (χ3n) is 2.48. The van der Waals surface area contributed by atoms with Crippen molar-refractivity contribution in [3.63, 3.8) is 0 Å². The minimum absolute atomic E-state index is 0.128. The zero-order chi connectivity index (χ0) is 13.4. The Morgan fingerprint density at radius 1 is 1.50 bits per heavy atom. The Labute approximate surface area is 107 Å². The van der Waals surface area contributed by atoms with Gasteiger partial charge >= 0.3 is 0 Å². The van der Waals surface area contributed by atoms with Crippen LogP contribution in [0.25, 0.3) is 0 Å². The van der Waals surface area contributed by atoms with E-state index >= 15 is 0 Å². The maximum Gasteiger partial charge on any atom is 0.238 e. The van der Waals surface area contributed by atoms with Gasteiger partial charge in [0.2, 0.25) is 5.91 Å². The number of rotatable bonds is 6. The smallest absolute Gasteiger partial charge is 0.238 e. The molecule has 1 aromatic rings. The lowest BCUT2D eigenvalue weighted by Crippen LogP contribution is -2.31. The van der Waals surface area contributed by atoms with Gasteiger partial charge < -0.3 is 11.1 Å². The van der Waals surface area contributed by atoms with Crippen LogP contribution in [-0.4, -0.2) is 37.5 Å². The highest BCUT2D eigenvalue weighted by Gasteiger charge is 2.08. The molecule has 0 aromatic heterocycles. The average Bonchev–Trinajstić information content (AvgIpc) is 2.36. The minimum atomic E-state index is -0.128.